The first kappa shape index (κ1) is 15.3. The van der Waals surface area contributed by atoms with Crippen molar-refractivity contribution in [2.75, 3.05) is 32.8 Å². The fourth-order valence-electron chi connectivity index (χ4n) is 3.47. The Morgan fingerprint density at radius 1 is 0.864 bits per heavy atom. The Labute approximate surface area is 133 Å². The van der Waals surface area contributed by atoms with Crippen molar-refractivity contribution in [2.24, 2.45) is 5.92 Å². The van der Waals surface area contributed by atoms with Crippen LogP contribution in [0, 0.1) is 5.92 Å². The minimum atomic E-state index is 0.449. The second-order valence-corrected chi connectivity index (χ2v) is 6.19. The topological polar surface area (TPSA) is 12.5 Å². The molecule has 0 saturated carbocycles. The fraction of sp³-hybridized carbons (Fsp3) is 0.400. The second kappa shape index (κ2) is 7.57. The van der Waals surface area contributed by atoms with Gasteiger partial charge in [0.05, 0.1) is 13.2 Å². The summed E-state index contributed by atoms with van der Waals surface area (Å²) in [7, 11) is 0. The average Bonchev–Trinajstić information content (AvgIpc) is 2.58. The molecule has 2 aromatic carbocycles. The van der Waals surface area contributed by atoms with E-state index in [1.807, 2.05) is 0 Å². The molecule has 0 radical (unpaired) electrons. The van der Waals surface area contributed by atoms with Crippen molar-refractivity contribution in [1.82, 2.24) is 4.90 Å². The van der Waals surface area contributed by atoms with Crippen molar-refractivity contribution in [2.45, 2.75) is 12.8 Å². The van der Waals surface area contributed by atoms with E-state index < -0.39 is 0 Å². The molecule has 0 spiro atoms. The highest BCUT2D eigenvalue weighted by molar-refractivity contribution is 5.33. The fourth-order valence-corrected chi connectivity index (χ4v) is 3.47. The van der Waals surface area contributed by atoms with Gasteiger partial charge in [-0.1, -0.05) is 67.6 Å². The third-order valence-corrected chi connectivity index (χ3v) is 4.54. The molecule has 2 aromatic rings. The van der Waals surface area contributed by atoms with Gasteiger partial charge < -0.3 is 4.74 Å². The summed E-state index contributed by atoms with van der Waals surface area (Å²) in [6.45, 7) is 7.35. The van der Waals surface area contributed by atoms with E-state index in [2.05, 4.69) is 72.5 Å². The summed E-state index contributed by atoms with van der Waals surface area (Å²) in [6, 6.07) is 21.8. The van der Waals surface area contributed by atoms with Crippen molar-refractivity contribution in [3.05, 3.63) is 71.8 Å². The van der Waals surface area contributed by atoms with Gasteiger partial charge in [-0.3, -0.25) is 4.90 Å². The normalized spacial score (nSPS) is 17.5. The average molecular weight is 295 g/mol. The molecule has 0 unspecified atom stereocenters. The molecule has 0 amide bonds. The Morgan fingerprint density at radius 3 is 1.86 bits per heavy atom. The van der Waals surface area contributed by atoms with Crippen LogP contribution in [0.2, 0.25) is 0 Å². The van der Waals surface area contributed by atoms with Crippen LogP contribution in [-0.4, -0.2) is 37.7 Å². The smallest absolute Gasteiger partial charge is 0.0594 e. The number of ether oxygens (including phenoxy) is 1. The molecule has 1 saturated heterocycles. The Hall–Kier alpha value is -1.64. The summed E-state index contributed by atoms with van der Waals surface area (Å²) < 4.78 is 5.47. The van der Waals surface area contributed by atoms with Gasteiger partial charge in [-0.25, -0.2) is 0 Å². The predicted molar refractivity (Wildman–Crippen MR) is 91.2 cm³/mol. The molecule has 1 fully saturated rings. The van der Waals surface area contributed by atoms with E-state index in [1.165, 1.54) is 11.1 Å². The number of rotatable bonds is 5. The predicted octanol–water partition coefficient (Wildman–Crippen LogP) is 3.79. The van der Waals surface area contributed by atoms with E-state index in [0.717, 1.165) is 32.8 Å². The summed E-state index contributed by atoms with van der Waals surface area (Å²) in [5.41, 5.74) is 2.82. The SMILES string of the molecule is C[C@H](CN1CCOCC1)C(c1ccccc1)c1ccccc1. The van der Waals surface area contributed by atoms with Crippen molar-refractivity contribution < 1.29 is 4.74 Å². The van der Waals surface area contributed by atoms with Gasteiger partial charge in [-0.15, -0.1) is 0 Å². The molecular formula is C20H25NO. The van der Waals surface area contributed by atoms with Crippen LogP contribution in [0.5, 0.6) is 0 Å². The lowest BCUT2D eigenvalue weighted by molar-refractivity contribution is 0.0308. The van der Waals surface area contributed by atoms with E-state index in [9.17, 15) is 0 Å². The van der Waals surface area contributed by atoms with Crippen LogP contribution in [-0.2, 0) is 4.74 Å². The number of benzene rings is 2. The van der Waals surface area contributed by atoms with Crippen LogP contribution in [0.4, 0.5) is 0 Å². The van der Waals surface area contributed by atoms with Gasteiger partial charge in [0.15, 0.2) is 0 Å². The van der Waals surface area contributed by atoms with Crippen LogP contribution in [0.1, 0.15) is 24.0 Å². The van der Waals surface area contributed by atoms with Gasteiger partial charge in [0.25, 0.3) is 0 Å². The van der Waals surface area contributed by atoms with E-state index >= 15 is 0 Å². The van der Waals surface area contributed by atoms with E-state index in [1.54, 1.807) is 0 Å². The number of nitrogens with zero attached hydrogens (tertiary/aromatic N) is 1. The second-order valence-electron chi connectivity index (χ2n) is 6.19. The monoisotopic (exact) mass is 295 g/mol. The molecule has 1 aliphatic heterocycles. The molecule has 0 aromatic heterocycles. The molecule has 3 rings (SSSR count). The molecule has 0 bridgehead atoms. The Morgan fingerprint density at radius 2 is 1.36 bits per heavy atom. The standard InChI is InChI=1S/C20H25NO/c1-17(16-21-12-14-22-15-13-21)20(18-8-4-2-5-9-18)19-10-6-3-7-11-19/h2-11,17,20H,12-16H2,1H3/t17-/m1/s1. The Bertz CT molecular complexity index is 509. The number of hydrogen-bond acceptors (Lipinski definition) is 2. The first-order valence-electron chi connectivity index (χ1n) is 8.24. The zero-order valence-electron chi connectivity index (χ0n) is 13.3. The van der Waals surface area contributed by atoms with Gasteiger partial charge >= 0.3 is 0 Å². The zero-order valence-corrected chi connectivity index (χ0v) is 13.3. The molecule has 1 heterocycles. The minimum Gasteiger partial charge on any atom is -0.379 e. The van der Waals surface area contributed by atoms with Crippen molar-refractivity contribution in [3.63, 3.8) is 0 Å². The molecule has 0 N–H and O–H groups in total. The Kier molecular flexibility index (Phi) is 5.25. The van der Waals surface area contributed by atoms with Crippen LogP contribution in [0.15, 0.2) is 60.7 Å². The van der Waals surface area contributed by atoms with Gasteiger partial charge in [-0.2, -0.15) is 0 Å². The van der Waals surface area contributed by atoms with Gasteiger partial charge in [-0.05, 0) is 17.0 Å². The Balaban J connectivity index is 1.81. The molecule has 2 nitrogen and oxygen atoms in total. The van der Waals surface area contributed by atoms with Gasteiger partial charge in [0.2, 0.25) is 0 Å². The summed E-state index contributed by atoms with van der Waals surface area (Å²) >= 11 is 0. The maximum Gasteiger partial charge on any atom is 0.0594 e. The van der Waals surface area contributed by atoms with Crippen LogP contribution >= 0.6 is 0 Å². The summed E-state index contributed by atoms with van der Waals surface area (Å²) in [5.74, 6) is 1.02. The van der Waals surface area contributed by atoms with Crippen molar-refractivity contribution in [1.29, 1.82) is 0 Å². The van der Waals surface area contributed by atoms with E-state index in [4.69, 9.17) is 4.74 Å². The van der Waals surface area contributed by atoms with Crippen LogP contribution < -0.4 is 0 Å². The highest BCUT2D eigenvalue weighted by Gasteiger charge is 2.24. The minimum absolute atomic E-state index is 0.449. The van der Waals surface area contributed by atoms with Gasteiger partial charge in [0.1, 0.15) is 0 Å². The number of hydrogen-bond donors (Lipinski definition) is 0. The van der Waals surface area contributed by atoms with Crippen LogP contribution in [0.25, 0.3) is 0 Å². The van der Waals surface area contributed by atoms with Gasteiger partial charge in [0, 0.05) is 25.6 Å². The molecular weight excluding hydrogens is 270 g/mol. The van der Waals surface area contributed by atoms with E-state index in [-0.39, 0.29) is 0 Å². The maximum absolute atomic E-state index is 5.47. The lowest BCUT2D eigenvalue weighted by Crippen LogP contribution is -2.40. The first-order valence-corrected chi connectivity index (χ1v) is 8.24. The molecule has 1 atom stereocenters. The maximum atomic E-state index is 5.47. The molecule has 22 heavy (non-hydrogen) atoms. The van der Waals surface area contributed by atoms with Crippen molar-refractivity contribution in [3.8, 4) is 0 Å². The zero-order chi connectivity index (χ0) is 15.2. The quantitative estimate of drug-likeness (QED) is 0.832. The molecule has 2 heteroatoms. The molecule has 116 valence electrons. The summed E-state index contributed by atoms with van der Waals surface area (Å²) in [4.78, 5) is 2.53. The lowest BCUT2D eigenvalue weighted by Gasteiger charge is -2.33. The lowest BCUT2D eigenvalue weighted by atomic mass is 9.81. The third kappa shape index (κ3) is 3.76. The highest BCUT2D eigenvalue weighted by atomic mass is 16.5. The molecule has 1 aliphatic rings. The summed E-state index contributed by atoms with van der Waals surface area (Å²) in [6.07, 6.45) is 0. The highest BCUT2D eigenvalue weighted by Crippen LogP contribution is 2.32. The third-order valence-electron chi connectivity index (χ3n) is 4.54. The largest absolute Gasteiger partial charge is 0.379 e. The summed E-state index contributed by atoms with van der Waals surface area (Å²) in [5, 5.41) is 0. The van der Waals surface area contributed by atoms with E-state index in [0.29, 0.717) is 11.8 Å². The number of morpholine rings is 1. The first-order chi connectivity index (χ1) is 10.8. The molecule has 0 aliphatic carbocycles. The van der Waals surface area contributed by atoms with Crippen molar-refractivity contribution >= 4 is 0 Å². The van der Waals surface area contributed by atoms with Crippen LogP contribution in [0.3, 0.4) is 0 Å².